The Labute approximate surface area is 129 Å². The normalized spacial score (nSPS) is 17.4. The predicted molar refractivity (Wildman–Crippen MR) is 87.7 cm³/mol. The second-order valence-corrected chi connectivity index (χ2v) is 6.60. The van der Waals surface area contributed by atoms with Crippen molar-refractivity contribution >= 4 is 40.3 Å². The van der Waals surface area contributed by atoms with E-state index in [0.717, 1.165) is 11.3 Å². The molecule has 1 aliphatic rings. The van der Waals surface area contributed by atoms with Crippen LogP contribution in [0.5, 0.6) is 5.75 Å². The highest BCUT2D eigenvalue weighted by atomic mass is 32.2. The molecule has 0 aliphatic carbocycles. The van der Waals surface area contributed by atoms with Gasteiger partial charge in [0, 0.05) is 12.1 Å². The molecule has 0 aromatic heterocycles. The molecule has 3 nitrogen and oxygen atoms in total. The van der Waals surface area contributed by atoms with Crippen LogP contribution in [0.2, 0.25) is 0 Å². The molecule has 2 rings (SSSR count). The Morgan fingerprint density at radius 1 is 1.40 bits per heavy atom. The van der Waals surface area contributed by atoms with Crippen LogP contribution in [0.3, 0.4) is 0 Å². The molecule has 1 aliphatic heterocycles. The Morgan fingerprint density at radius 2 is 2.10 bits per heavy atom. The van der Waals surface area contributed by atoms with Crippen molar-refractivity contribution in [2.24, 2.45) is 5.92 Å². The summed E-state index contributed by atoms with van der Waals surface area (Å²) in [5, 5.41) is 0. The lowest BCUT2D eigenvalue weighted by Crippen LogP contribution is -2.31. The number of carbonyl (C=O) groups excluding carboxylic acids is 1. The lowest BCUT2D eigenvalue weighted by Gasteiger charge is -2.16. The maximum Gasteiger partial charge on any atom is 0.266 e. The largest absolute Gasteiger partial charge is 0.496 e. The number of hydrogen-bond acceptors (Lipinski definition) is 4. The lowest BCUT2D eigenvalue weighted by molar-refractivity contribution is -0.122. The average molecular weight is 307 g/mol. The summed E-state index contributed by atoms with van der Waals surface area (Å²) in [7, 11) is 1.62. The van der Waals surface area contributed by atoms with Crippen LogP contribution in [-0.2, 0) is 4.79 Å². The zero-order valence-electron chi connectivity index (χ0n) is 11.8. The molecule has 1 aromatic carbocycles. The fraction of sp³-hybridized carbons (Fsp3) is 0.333. The molecule has 0 spiro atoms. The summed E-state index contributed by atoms with van der Waals surface area (Å²) in [4.78, 5) is 14.7. The molecule has 1 amide bonds. The molecule has 0 radical (unpaired) electrons. The third kappa shape index (κ3) is 3.22. The Kier molecular flexibility index (Phi) is 4.83. The van der Waals surface area contributed by atoms with Crippen LogP contribution in [0.4, 0.5) is 0 Å². The van der Waals surface area contributed by atoms with Crippen molar-refractivity contribution in [2.75, 3.05) is 13.7 Å². The number of methoxy groups -OCH3 is 1. The van der Waals surface area contributed by atoms with Gasteiger partial charge in [0.05, 0.1) is 12.0 Å². The molecule has 0 N–H and O–H groups in total. The Balaban J connectivity index is 2.28. The average Bonchev–Trinajstić information content (AvgIpc) is 2.67. The SMILES string of the molecule is COc1ccccc1/C=C1\SC(=S)N(CC(C)C)C1=O. The lowest BCUT2D eigenvalue weighted by atomic mass is 10.1. The first-order valence-electron chi connectivity index (χ1n) is 6.41. The second-order valence-electron chi connectivity index (χ2n) is 4.93. The Hall–Kier alpha value is -1.33. The van der Waals surface area contributed by atoms with Gasteiger partial charge in [-0.2, -0.15) is 0 Å². The molecule has 5 heteroatoms. The van der Waals surface area contributed by atoms with Gasteiger partial charge in [-0.05, 0) is 18.1 Å². The van der Waals surface area contributed by atoms with Crippen molar-refractivity contribution in [3.63, 3.8) is 0 Å². The highest BCUT2D eigenvalue weighted by Gasteiger charge is 2.32. The van der Waals surface area contributed by atoms with Gasteiger partial charge in [0.15, 0.2) is 0 Å². The van der Waals surface area contributed by atoms with Crippen molar-refractivity contribution in [3.8, 4) is 5.75 Å². The van der Waals surface area contributed by atoms with Crippen LogP contribution in [0, 0.1) is 5.92 Å². The van der Waals surface area contributed by atoms with Gasteiger partial charge in [0.25, 0.3) is 5.91 Å². The van der Waals surface area contributed by atoms with Gasteiger partial charge in [-0.3, -0.25) is 9.69 Å². The molecule has 1 fully saturated rings. The minimum Gasteiger partial charge on any atom is -0.496 e. The summed E-state index contributed by atoms with van der Waals surface area (Å²) in [6.45, 7) is 4.80. The van der Waals surface area contributed by atoms with Crippen LogP contribution >= 0.6 is 24.0 Å². The fourth-order valence-corrected chi connectivity index (χ4v) is 3.22. The van der Waals surface area contributed by atoms with E-state index in [-0.39, 0.29) is 5.91 Å². The van der Waals surface area contributed by atoms with Gasteiger partial charge in [0.1, 0.15) is 10.1 Å². The molecule has 0 atom stereocenters. The molecule has 1 saturated heterocycles. The molecule has 0 unspecified atom stereocenters. The van der Waals surface area contributed by atoms with Gasteiger partial charge < -0.3 is 4.74 Å². The number of thioether (sulfide) groups is 1. The maximum absolute atomic E-state index is 12.4. The number of carbonyl (C=O) groups is 1. The number of hydrogen-bond donors (Lipinski definition) is 0. The van der Waals surface area contributed by atoms with E-state index >= 15 is 0 Å². The molecular weight excluding hydrogens is 290 g/mol. The maximum atomic E-state index is 12.4. The number of para-hydroxylation sites is 1. The number of rotatable bonds is 4. The summed E-state index contributed by atoms with van der Waals surface area (Å²) in [5.41, 5.74) is 0.889. The minimum absolute atomic E-state index is 0.0143. The summed E-state index contributed by atoms with van der Waals surface area (Å²) in [6.07, 6.45) is 1.85. The highest BCUT2D eigenvalue weighted by molar-refractivity contribution is 8.26. The molecule has 0 bridgehead atoms. The Bertz CT molecular complexity index is 567. The molecule has 20 heavy (non-hydrogen) atoms. The van der Waals surface area contributed by atoms with Crippen LogP contribution in [0.1, 0.15) is 19.4 Å². The van der Waals surface area contributed by atoms with Crippen LogP contribution < -0.4 is 4.74 Å². The number of nitrogens with zero attached hydrogens (tertiary/aromatic N) is 1. The van der Waals surface area contributed by atoms with Gasteiger partial charge in [0.2, 0.25) is 0 Å². The standard InChI is InChI=1S/C15H17NO2S2/c1-10(2)9-16-14(17)13(20-15(16)19)8-11-6-4-5-7-12(11)18-3/h4-8,10H,9H2,1-3H3/b13-8-. The van der Waals surface area contributed by atoms with Crippen molar-refractivity contribution in [1.82, 2.24) is 4.90 Å². The van der Waals surface area contributed by atoms with Crippen LogP contribution in [-0.4, -0.2) is 28.8 Å². The minimum atomic E-state index is -0.0143. The van der Waals surface area contributed by atoms with Crippen LogP contribution in [0.15, 0.2) is 29.2 Å². The Morgan fingerprint density at radius 3 is 2.75 bits per heavy atom. The van der Waals surface area contributed by atoms with E-state index < -0.39 is 0 Å². The van der Waals surface area contributed by atoms with Gasteiger partial charge in [-0.25, -0.2) is 0 Å². The zero-order valence-corrected chi connectivity index (χ0v) is 13.4. The smallest absolute Gasteiger partial charge is 0.266 e. The first-order valence-corrected chi connectivity index (χ1v) is 7.63. The molecule has 1 aromatic rings. The highest BCUT2D eigenvalue weighted by Crippen LogP contribution is 2.34. The summed E-state index contributed by atoms with van der Waals surface area (Å²) in [6, 6.07) is 7.62. The van der Waals surface area contributed by atoms with E-state index in [1.165, 1.54) is 11.8 Å². The first-order chi connectivity index (χ1) is 9.52. The summed E-state index contributed by atoms with van der Waals surface area (Å²) in [5.74, 6) is 1.13. The van der Waals surface area contributed by atoms with Gasteiger partial charge in [-0.1, -0.05) is 56.0 Å². The van der Waals surface area contributed by atoms with Crippen molar-refractivity contribution < 1.29 is 9.53 Å². The van der Waals surface area contributed by atoms with Crippen molar-refractivity contribution in [3.05, 3.63) is 34.7 Å². The van der Waals surface area contributed by atoms with Gasteiger partial charge in [-0.15, -0.1) is 0 Å². The fourth-order valence-electron chi connectivity index (χ4n) is 1.95. The molecule has 1 heterocycles. The monoisotopic (exact) mass is 307 g/mol. The topological polar surface area (TPSA) is 29.5 Å². The number of thiocarbonyl (C=S) groups is 1. The number of benzene rings is 1. The van der Waals surface area contributed by atoms with E-state index in [1.54, 1.807) is 12.0 Å². The van der Waals surface area contributed by atoms with E-state index in [0.29, 0.717) is 21.7 Å². The van der Waals surface area contributed by atoms with Crippen molar-refractivity contribution in [1.29, 1.82) is 0 Å². The zero-order chi connectivity index (χ0) is 14.7. The first kappa shape index (κ1) is 15.1. The predicted octanol–water partition coefficient (Wildman–Crippen LogP) is 3.55. The van der Waals surface area contributed by atoms with Crippen LogP contribution in [0.25, 0.3) is 6.08 Å². The molecule has 106 valence electrons. The van der Waals surface area contributed by atoms with E-state index in [1.807, 2.05) is 30.3 Å². The summed E-state index contributed by atoms with van der Waals surface area (Å²) < 4.78 is 5.93. The van der Waals surface area contributed by atoms with Gasteiger partial charge >= 0.3 is 0 Å². The van der Waals surface area contributed by atoms with E-state index in [4.69, 9.17) is 17.0 Å². The third-order valence-corrected chi connectivity index (χ3v) is 4.22. The number of ether oxygens (including phenoxy) is 1. The number of amides is 1. The van der Waals surface area contributed by atoms with Crippen molar-refractivity contribution in [2.45, 2.75) is 13.8 Å². The summed E-state index contributed by atoms with van der Waals surface area (Å²) >= 11 is 6.64. The quantitative estimate of drug-likeness (QED) is 0.628. The van der Waals surface area contributed by atoms with E-state index in [2.05, 4.69) is 13.8 Å². The molecular formula is C15H17NO2S2. The molecule has 0 saturated carbocycles. The van der Waals surface area contributed by atoms with E-state index in [9.17, 15) is 4.79 Å². The second kappa shape index (κ2) is 6.41. The third-order valence-electron chi connectivity index (χ3n) is 2.85.